The third-order valence-corrected chi connectivity index (χ3v) is 11.3. The third kappa shape index (κ3) is 7.38. The zero-order valence-corrected chi connectivity index (χ0v) is 25.4. The fourth-order valence-corrected chi connectivity index (χ4v) is 8.52. The Balaban J connectivity index is 1.11. The van der Waals surface area contributed by atoms with Gasteiger partial charge in [0, 0.05) is 0 Å². The Morgan fingerprint density at radius 3 is 1.45 bits per heavy atom. The molecule has 3 aliphatic rings. The summed E-state index contributed by atoms with van der Waals surface area (Å²) >= 11 is 0. The van der Waals surface area contributed by atoms with E-state index >= 15 is 8.78 Å². The number of unbranched alkanes of at least 4 members (excludes halogenated alkanes) is 3. The van der Waals surface area contributed by atoms with Gasteiger partial charge in [-0.05, 0) is 147 Å². The quantitative estimate of drug-likeness (QED) is 0.259. The van der Waals surface area contributed by atoms with E-state index in [1.54, 1.807) is 0 Å². The number of hydrogen-bond acceptors (Lipinski definition) is 0. The first-order chi connectivity index (χ1) is 19.6. The van der Waals surface area contributed by atoms with Crippen LogP contribution in [0.15, 0.2) is 36.4 Å². The van der Waals surface area contributed by atoms with Crippen molar-refractivity contribution >= 4 is 0 Å². The largest absolute Gasteiger partial charge is 0.207 e. The van der Waals surface area contributed by atoms with Crippen LogP contribution < -0.4 is 0 Å². The van der Waals surface area contributed by atoms with Crippen LogP contribution in [0.4, 0.5) is 8.78 Å². The van der Waals surface area contributed by atoms with Gasteiger partial charge in [-0.3, -0.25) is 0 Å². The Bertz CT molecular complexity index is 1050. The van der Waals surface area contributed by atoms with Crippen LogP contribution in [0.3, 0.4) is 0 Å². The maximum absolute atomic E-state index is 15.4. The molecule has 0 amide bonds. The van der Waals surface area contributed by atoms with Gasteiger partial charge in [-0.15, -0.1) is 0 Å². The van der Waals surface area contributed by atoms with Gasteiger partial charge in [0.15, 0.2) is 0 Å². The van der Waals surface area contributed by atoms with Gasteiger partial charge in [0.05, 0.1) is 0 Å². The van der Waals surface area contributed by atoms with Gasteiger partial charge >= 0.3 is 0 Å². The summed E-state index contributed by atoms with van der Waals surface area (Å²) in [6, 6.07) is 12.3. The predicted molar refractivity (Wildman–Crippen MR) is 165 cm³/mol. The Kier molecular flexibility index (Phi) is 10.8. The molecule has 0 nitrogen and oxygen atoms in total. The molecule has 0 saturated heterocycles. The van der Waals surface area contributed by atoms with E-state index < -0.39 is 0 Å². The molecule has 40 heavy (non-hydrogen) atoms. The molecule has 2 heteroatoms. The first-order valence-corrected chi connectivity index (χ1v) is 17.1. The van der Waals surface area contributed by atoms with E-state index in [0.717, 1.165) is 67.1 Å². The fourth-order valence-electron chi connectivity index (χ4n) is 8.52. The molecule has 0 atom stereocenters. The molecule has 0 unspecified atom stereocenters. The molecule has 0 N–H and O–H groups in total. The SMILES string of the molecule is CCCCCCC1CCC(c2ccc(C3CCC(c4ccc(C5CCC(CC)CC5)c(F)c4)CC3)c(F)c2)CC1. The van der Waals surface area contributed by atoms with Gasteiger partial charge in [-0.25, -0.2) is 8.78 Å². The molecule has 220 valence electrons. The maximum atomic E-state index is 15.4. The summed E-state index contributed by atoms with van der Waals surface area (Å²) < 4.78 is 30.6. The maximum Gasteiger partial charge on any atom is 0.126 e. The molecule has 3 saturated carbocycles. The second-order valence-corrected chi connectivity index (χ2v) is 13.8. The minimum Gasteiger partial charge on any atom is -0.207 e. The van der Waals surface area contributed by atoms with Crippen molar-refractivity contribution in [2.45, 2.75) is 153 Å². The van der Waals surface area contributed by atoms with Crippen molar-refractivity contribution in [2.75, 3.05) is 0 Å². The van der Waals surface area contributed by atoms with Gasteiger partial charge in [-0.1, -0.05) is 76.6 Å². The normalized spacial score (nSPS) is 29.4. The van der Waals surface area contributed by atoms with Crippen LogP contribution in [0.25, 0.3) is 0 Å². The minimum absolute atomic E-state index is 0.00623. The monoisotopic (exact) mass is 548 g/mol. The van der Waals surface area contributed by atoms with Crippen molar-refractivity contribution in [3.8, 4) is 0 Å². The van der Waals surface area contributed by atoms with E-state index in [4.69, 9.17) is 0 Å². The third-order valence-electron chi connectivity index (χ3n) is 11.3. The van der Waals surface area contributed by atoms with Crippen molar-refractivity contribution in [1.29, 1.82) is 0 Å². The second-order valence-electron chi connectivity index (χ2n) is 13.8. The summed E-state index contributed by atoms with van der Waals surface area (Å²) in [5.41, 5.74) is 4.22. The van der Waals surface area contributed by atoms with Crippen molar-refractivity contribution < 1.29 is 8.78 Å². The number of hydrogen-bond donors (Lipinski definition) is 0. The highest BCUT2D eigenvalue weighted by molar-refractivity contribution is 5.32. The molecular weight excluding hydrogens is 494 g/mol. The number of halogens is 2. The van der Waals surface area contributed by atoms with E-state index in [-0.39, 0.29) is 11.6 Å². The van der Waals surface area contributed by atoms with Gasteiger partial charge < -0.3 is 0 Å². The smallest absolute Gasteiger partial charge is 0.126 e. The van der Waals surface area contributed by atoms with Crippen LogP contribution >= 0.6 is 0 Å². The van der Waals surface area contributed by atoms with Gasteiger partial charge in [0.1, 0.15) is 11.6 Å². The molecule has 0 bridgehead atoms. The highest BCUT2D eigenvalue weighted by atomic mass is 19.1. The van der Waals surface area contributed by atoms with Crippen molar-refractivity contribution in [3.05, 3.63) is 70.3 Å². The average molecular weight is 549 g/mol. The van der Waals surface area contributed by atoms with Crippen molar-refractivity contribution in [1.82, 2.24) is 0 Å². The summed E-state index contributed by atoms with van der Waals surface area (Å²) in [4.78, 5) is 0. The summed E-state index contributed by atoms with van der Waals surface area (Å²) in [5.74, 6) is 3.35. The van der Waals surface area contributed by atoms with Crippen LogP contribution in [0.5, 0.6) is 0 Å². The standard InChI is InChI=1S/C38H54F2/c1-3-5-6-7-8-28-11-13-29(14-12-28)33-21-24-36(38(40)25-33)32-19-17-30(18-20-32)34-22-23-35(37(39)26-34)31-15-9-27(4-2)10-16-31/h21-32H,3-20H2,1-2H3. The first-order valence-electron chi connectivity index (χ1n) is 17.1. The topological polar surface area (TPSA) is 0 Å². The lowest BCUT2D eigenvalue weighted by Gasteiger charge is -2.31. The molecule has 0 aromatic heterocycles. The Labute approximate surface area is 243 Å². The van der Waals surface area contributed by atoms with E-state index in [2.05, 4.69) is 38.1 Å². The van der Waals surface area contributed by atoms with Gasteiger partial charge in [-0.2, -0.15) is 0 Å². The van der Waals surface area contributed by atoms with Gasteiger partial charge in [0.25, 0.3) is 0 Å². The molecule has 0 heterocycles. The number of rotatable bonds is 10. The first kappa shape index (κ1) is 29.8. The molecular formula is C38H54F2. The van der Waals surface area contributed by atoms with Crippen molar-refractivity contribution in [2.24, 2.45) is 11.8 Å². The Morgan fingerprint density at radius 2 is 0.975 bits per heavy atom. The number of benzene rings is 2. The molecule has 5 rings (SSSR count). The van der Waals surface area contributed by atoms with Crippen molar-refractivity contribution in [3.63, 3.8) is 0 Å². The van der Waals surface area contributed by atoms with Crippen LogP contribution in [0, 0.1) is 23.5 Å². The van der Waals surface area contributed by atoms with E-state index in [9.17, 15) is 0 Å². The van der Waals surface area contributed by atoms with E-state index in [1.165, 1.54) is 82.6 Å². The zero-order valence-electron chi connectivity index (χ0n) is 25.4. The molecule has 3 fully saturated rings. The summed E-state index contributed by atoms with van der Waals surface area (Å²) in [5, 5.41) is 0. The molecule has 3 aliphatic carbocycles. The minimum atomic E-state index is 0.00623. The molecule has 0 radical (unpaired) electrons. The summed E-state index contributed by atoms with van der Waals surface area (Å²) in [7, 11) is 0. The Morgan fingerprint density at radius 1 is 0.525 bits per heavy atom. The lowest BCUT2D eigenvalue weighted by atomic mass is 9.74. The summed E-state index contributed by atoms with van der Waals surface area (Å²) in [6.07, 6.45) is 21.9. The van der Waals surface area contributed by atoms with Crippen LogP contribution in [-0.4, -0.2) is 0 Å². The lowest BCUT2D eigenvalue weighted by Crippen LogP contribution is -2.16. The predicted octanol–water partition coefficient (Wildman–Crippen LogP) is 12.3. The highest BCUT2D eigenvalue weighted by Gasteiger charge is 2.29. The van der Waals surface area contributed by atoms with Crippen LogP contribution in [0.2, 0.25) is 0 Å². The Hall–Kier alpha value is -1.70. The van der Waals surface area contributed by atoms with Crippen LogP contribution in [-0.2, 0) is 0 Å². The molecule has 2 aromatic rings. The summed E-state index contributed by atoms with van der Waals surface area (Å²) in [6.45, 7) is 4.56. The van der Waals surface area contributed by atoms with Crippen LogP contribution in [0.1, 0.15) is 175 Å². The molecule has 0 aliphatic heterocycles. The molecule has 0 spiro atoms. The van der Waals surface area contributed by atoms with Gasteiger partial charge in [0.2, 0.25) is 0 Å². The van der Waals surface area contributed by atoms with E-state index in [1.807, 2.05) is 12.1 Å². The zero-order chi connectivity index (χ0) is 27.9. The average Bonchev–Trinajstić information content (AvgIpc) is 3.00. The highest BCUT2D eigenvalue weighted by Crippen LogP contribution is 2.44. The second kappa shape index (κ2) is 14.5. The van der Waals surface area contributed by atoms with E-state index in [0.29, 0.717) is 23.7 Å². The molecule has 2 aromatic carbocycles. The lowest BCUT2D eigenvalue weighted by molar-refractivity contribution is 0.301. The fraction of sp³-hybridized carbons (Fsp3) is 0.684.